The minimum atomic E-state index is -3.44. The minimum absolute atomic E-state index is 0.0311. The summed E-state index contributed by atoms with van der Waals surface area (Å²) in [4.78, 5) is 0.354. The SMILES string of the molecule is CC(C)N(CC1CC1)S(=O)(=O)c1ccccc1CN. The van der Waals surface area contributed by atoms with Gasteiger partial charge in [-0.1, -0.05) is 18.2 Å². The van der Waals surface area contributed by atoms with E-state index in [2.05, 4.69) is 0 Å². The Morgan fingerprint density at radius 1 is 1.32 bits per heavy atom. The molecule has 0 saturated heterocycles. The number of nitrogens with two attached hydrogens (primary N) is 1. The Morgan fingerprint density at radius 3 is 2.47 bits per heavy atom. The first-order valence-electron chi connectivity index (χ1n) is 6.76. The highest BCUT2D eigenvalue weighted by atomic mass is 32.2. The van der Waals surface area contributed by atoms with Gasteiger partial charge in [0.1, 0.15) is 0 Å². The third-order valence-electron chi connectivity index (χ3n) is 3.49. The molecule has 1 aromatic carbocycles. The van der Waals surface area contributed by atoms with Crippen LogP contribution < -0.4 is 5.73 Å². The van der Waals surface area contributed by atoms with Crippen molar-refractivity contribution in [1.82, 2.24) is 4.31 Å². The maximum atomic E-state index is 12.8. The second-order valence-corrected chi connectivity index (χ2v) is 7.28. The van der Waals surface area contributed by atoms with Crippen LogP contribution in [0.3, 0.4) is 0 Å². The van der Waals surface area contributed by atoms with Crippen molar-refractivity contribution < 1.29 is 8.42 Å². The molecule has 0 bridgehead atoms. The highest BCUT2D eigenvalue weighted by molar-refractivity contribution is 7.89. The molecular formula is C14H22N2O2S. The van der Waals surface area contributed by atoms with E-state index in [0.29, 0.717) is 22.9 Å². The number of benzene rings is 1. The van der Waals surface area contributed by atoms with E-state index >= 15 is 0 Å². The summed E-state index contributed by atoms with van der Waals surface area (Å²) in [7, 11) is -3.44. The summed E-state index contributed by atoms with van der Waals surface area (Å²) in [5, 5.41) is 0. The van der Waals surface area contributed by atoms with E-state index in [1.165, 1.54) is 0 Å². The summed E-state index contributed by atoms with van der Waals surface area (Å²) >= 11 is 0. The molecule has 1 aliphatic carbocycles. The molecule has 4 nitrogen and oxygen atoms in total. The van der Waals surface area contributed by atoms with Crippen LogP contribution in [0, 0.1) is 5.92 Å². The van der Waals surface area contributed by atoms with E-state index in [1.807, 2.05) is 19.9 Å². The first-order valence-corrected chi connectivity index (χ1v) is 8.20. The summed E-state index contributed by atoms with van der Waals surface area (Å²) in [5.41, 5.74) is 6.34. The monoisotopic (exact) mass is 282 g/mol. The van der Waals surface area contributed by atoms with Crippen LogP contribution in [0.25, 0.3) is 0 Å². The fourth-order valence-electron chi connectivity index (χ4n) is 2.19. The van der Waals surface area contributed by atoms with Gasteiger partial charge in [0.2, 0.25) is 10.0 Å². The standard InChI is InChI=1S/C14H22N2O2S/c1-11(2)16(10-12-7-8-12)19(17,18)14-6-4-3-5-13(14)9-15/h3-6,11-12H,7-10,15H2,1-2H3. The summed E-state index contributed by atoms with van der Waals surface area (Å²) in [6.07, 6.45) is 2.27. The summed E-state index contributed by atoms with van der Waals surface area (Å²) < 4.78 is 27.2. The normalized spacial score (nSPS) is 16.3. The Morgan fingerprint density at radius 2 is 1.95 bits per heavy atom. The van der Waals surface area contributed by atoms with Crippen LogP contribution in [0.15, 0.2) is 29.2 Å². The predicted octanol–water partition coefficient (Wildman–Crippen LogP) is 1.95. The molecule has 5 heteroatoms. The Labute approximate surface area is 115 Å². The molecule has 1 aromatic rings. The second-order valence-electron chi connectivity index (χ2n) is 5.42. The lowest BCUT2D eigenvalue weighted by Gasteiger charge is -2.26. The van der Waals surface area contributed by atoms with Crippen molar-refractivity contribution in [3.63, 3.8) is 0 Å². The molecule has 19 heavy (non-hydrogen) atoms. The van der Waals surface area contributed by atoms with E-state index in [9.17, 15) is 8.42 Å². The van der Waals surface area contributed by atoms with Crippen LogP contribution in [0.5, 0.6) is 0 Å². The molecule has 106 valence electrons. The van der Waals surface area contributed by atoms with Gasteiger partial charge < -0.3 is 5.73 Å². The number of sulfonamides is 1. The van der Waals surface area contributed by atoms with Gasteiger partial charge in [0.15, 0.2) is 0 Å². The first kappa shape index (κ1) is 14.5. The van der Waals surface area contributed by atoms with Gasteiger partial charge in [-0.15, -0.1) is 0 Å². The third-order valence-corrected chi connectivity index (χ3v) is 5.63. The number of nitrogens with zero attached hydrogens (tertiary/aromatic N) is 1. The first-order chi connectivity index (χ1) is 8.96. The molecule has 0 atom stereocenters. The zero-order chi connectivity index (χ0) is 14.0. The zero-order valence-corrected chi connectivity index (χ0v) is 12.4. The largest absolute Gasteiger partial charge is 0.326 e. The van der Waals surface area contributed by atoms with Gasteiger partial charge in [0.05, 0.1) is 4.90 Å². The van der Waals surface area contributed by atoms with Crippen LogP contribution in [-0.4, -0.2) is 25.3 Å². The van der Waals surface area contributed by atoms with Gasteiger partial charge in [-0.25, -0.2) is 8.42 Å². The van der Waals surface area contributed by atoms with Crippen molar-refractivity contribution in [3.05, 3.63) is 29.8 Å². The van der Waals surface area contributed by atoms with Crippen molar-refractivity contribution in [2.24, 2.45) is 11.7 Å². The van der Waals surface area contributed by atoms with Gasteiger partial charge in [-0.3, -0.25) is 0 Å². The van der Waals surface area contributed by atoms with E-state index < -0.39 is 10.0 Å². The van der Waals surface area contributed by atoms with Crippen molar-refractivity contribution >= 4 is 10.0 Å². The average Bonchev–Trinajstić information content (AvgIpc) is 3.19. The lowest BCUT2D eigenvalue weighted by atomic mass is 10.2. The molecule has 1 aliphatic rings. The Kier molecular flexibility index (Phi) is 4.28. The lowest BCUT2D eigenvalue weighted by molar-refractivity contribution is 0.341. The number of rotatable bonds is 6. The van der Waals surface area contributed by atoms with Crippen molar-refractivity contribution in [3.8, 4) is 0 Å². The van der Waals surface area contributed by atoms with E-state index in [0.717, 1.165) is 12.8 Å². The topological polar surface area (TPSA) is 63.4 Å². The molecule has 0 amide bonds. The van der Waals surface area contributed by atoms with E-state index in [1.54, 1.807) is 22.5 Å². The number of hydrogen-bond acceptors (Lipinski definition) is 3. The summed E-state index contributed by atoms with van der Waals surface area (Å²) in [6, 6.07) is 6.97. The van der Waals surface area contributed by atoms with Gasteiger partial charge in [0, 0.05) is 19.1 Å². The fourth-order valence-corrected chi connectivity index (χ4v) is 4.14. The molecule has 1 fully saturated rings. The molecule has 1 saturated carbocycles. The Balaban J connectivity index is 2.37. The quantitative estimate of drug-likeness (QED) is 0.867. The van der Waals surface area contributed by atoms with Crippen LogP contribution >= 0.6 is 0 Å². The van der Waals surface area contributed by atoms with Gasteiger partial charge >= 0.3 is 0 Å². The minimum Gasteiger partial charge on any atom is -0.326 e. The van der Waals surface area contributed by atoms with Crippen molar-refractivity contribution in [1.29, 1.82) is 0 Å². The maximum absolute atomic E-state index is 12.8. The molecular weight excluding hydrogens is 260 g/mol. The highest BCUT2D eigenvalue weighted by Crippen LogP contribution is 2.33. The van der Waals surface area contributed by atoms with Crippen LogP contribution in [0.4, 0.5) is 0 Å². The average molecular weight is 282 g/mol. The van der Waals surface area contributed by atoms with Crippen LogP contribution in [0.1, 0.15) is 32.3 Å². The second kappa shape index (κ2) is 5.61. The molecule has 0 aliphatic heterocycles. The number of hydrogen-bond donors (Lipinski definition) is 1. The fraction of sp³-hybridized carbons (Fsp3) is 0.571. The summed E-state index contributed by atoms with van der Waals surface area (Å²) in [6.45, 7) is 4.71. The molecule has 0 radical (unpaired) electrons. The summed E-state index contributed by atoms with van der Waals surface area (Å²) in [5.74, 6) is 0.530. The smallest absolute Gasteiger partial charge is 0.243 e. The maximum Gasteiger partial charge on any atom is 0.243 e. The van der Waals surface area contributed by atoms with Crippen LogP contribution in [-0.2, 0) is 16.6 Å². The van der Waals surface area contributed by atoms with Gasteiger partial charge in [0.25, 0.3) is 0 Å². The lowest BCUT2D eigenvalue weighted by Crippen LogP contribution is -2.39. The van der Waals surface area contributed by atoms with Crippen molar-refractivity contribution in [2.45, 2.75) is 44.2 Å². The van der Waals surface area contributed by atoms with Gasteiger partial charge in [-0.2, -0.15) is 4.31 Å². The third kappa shape index (κ3) is 3.16. The van der Waals surface area contributed by atoms with Gasteiger partial charge in [-0.05, 0) is 44.2 Å². The molecule has 2 rings (SSSR count). The molecule has 0 unspecified atom stereocenters. The Hall–Kier alpha value is -0.910. The molecule has 0 heterocycles. The molecule has 0 aromatic heterocycles. The predicted molar refractivity (Wildman–Crippen MR) is 76.1 cm³/mol. The molecule has 2 N–H and O–H groups in total. The Bertz CT molecular complexity index is 536. The highest BCUT2D eigenvalue weighted by Gasteiger charge is 2.34. The van der Waals surface area contributed by atoms with Crippen LogP contribution in [0.2, 0.25) is 0 Å². The van der Waals surface area contributed by atoms with E-state index in [4.69, 9.17) is 5.73 Å². The molecule has 0 spiro atoms. The zero-order valence-electron chi connectivity index (χ0n) is 11.5. The van der Waals surface area contributed by atoms with E-state index in [-0.39, 0.29) is 12.6 Å². The van der Waals surface area contributed by atoms with Crippen molar-refractivity contribution in [2.75, 3.05) is 6.54 Å².